The van der Waals surface area contributed by atoms with E-state index in [0.29, 0.717) is 5.41 Å². The van der Waals surface area contributed by atoms with E-state index in [1.165, 1.54) is 36.8 Å². The van der Waals surface area contributed by atoms with E-state index in [1.54, 1.807) is 14.2 Å². The monoisotopic (exact) mass is 261 g/mol. The Balaban J connectivity index is 1.86. The van der Waals surface area contributed by atoms with Gasteiger partial charge in [0.15, 0.2) is 11.5 Å². The van der Waals surface area contributed by atoms with Crippen LogP contribution < -0.4 is 14.8 Å². The number of ether oxygens (including phenoxy) is 2. The summed E-state index contributed by atoms with van der Waals surface area (Å²) in [6.07, 6.45) is 5.26. The quantitative estimate of drug-likeness (QED) is 0.854. The Bertz CT molecular complexity index is 476. The first-order valence-corrected chi connectivity index (χ1v) is 7.15. The molecule has 19 heavy (non-hydrogen) atoms. The van der Waals surface area contributed by atoms with Crippen molar-refractivity contribution in [3.05, 3.63) is 23.3 Å². The molecule has 2 aliphatic carbocycles. The highest BCUT2D eigenvalue weighted by Crippen LogP contribution is 2.51. The van der Waals surface area contributed by atoms with Crippen molar-refractivity contribution < 1.29 is 9.47 Å². The first-order valence-electron chi connectivity index (χ1n) is 7.15. The molecule has 2 aliphatic rings. The standard InChI is InChI=1S/C16H23NO2/c1-11-8-14(18-2)15(19-3)9-13(11)16(6-7-16)10-17-12-4-5-12/h8-9,12,17H,4-7,10H2,1-3H3. The third-order valence-corrected chi connectivity index (χ3v) is 4.46. The zero-order valence-electron chi connectivity index (χ0n) is 12.1. The Morgan fingerprint density at radius 1 is 1.16 bits per heavy atom. The molecule has 3 rings (SSSR count). The van der Waals surface area contributed by atoms with Gasteiger partial charge in [-0.25, -0.2) is 0 Å². The van der Waals surface area contributed by atoms with Gasteiger partial charge in [-0.05, 0) is 55.9 Å². The minimum Gasteiger partial charge on any atom is -0.493 e. The van der Waals surface area contributed by atoms with Crippen molar-refractivity contribution in [1.29, 1.82) is 0 Å². The summed E-state index contributed by atoms with van der Waals surface area (Å²) in [5, 5.41) is 3.68. The van der Waals surface area contributed by atoms with E-state index >= 15 is 0 Å². The van der Waals surface area contributed by atoms with Crippen LogP contribution in [0.1, 0.15) is 36.8 Å². The van der Waals surface area contributed by atoms with Gasteiger partial charge in [-0.3, -0.25) is 0 Å². The molecule has 1 aromatic rings. The molecule has 3 nitrogen and oxygen atoms in total. The Labute approximate surface area is 115 Å². The first-order chi connectivity index (χ1) is 9.18. The van der Waals surface area contributed by atoms with Gasteiger partial charge < -0.3 is 14.8 Å². The fourth-order valence-corrected chi connectivity index (χ4v) is 2.87. The lowest BCUT2D eigenvalue weighted by molar-refractivity contribution is 0.353. The molecular weight excluding hydrogens is 238 g/mol. The van der Waals surface area contributed by atoms with Crippen LogP contribution in [0.15, 0.2) is 12.1 Å². The number of rotatable bonds is 6. The molecule has 1 aromatic carbocycles. The number of benzene rings is 1. The molecular formula is C16H23NO2. The van der Waals surface area contributed by atoms with Gasteiger partial charge in [-0.15, -0.1) is 0 Å². The smallest absolute Gasteiger partial charge is 0.161 e. The highest BCUT2D eigenvalue weighted by atomic mass is 16.5. The van der Waals surface area contributed by atoms with Crippen LogP contribution in [0.4, 0.5) is 0 Å². The average Bonchev–Trinajstić information content (AvgIpc) is 3.30. The molecule has 1 N–H and O–H groups in total. The molecule has 0 aliphatic heterocycles. The molecule has 0 atom stereocenters. The van der Waals surface area contributed by atoms with E-state index < -0.39 is 0 Å². The lowest BCUT2D eigenvalue weighted by atomic mass is 9.91. The summed E-state index contributed by atoms with van der Waals surface area (Å²) in [6, 6.07) is 5.05. The number of aryl methyl sites for hydroxylation is 1. The van der Waals surface area contributed by atoms with Gasteiger partial charge in [0.2, 0.25) is 0 Å². The predicted molar refractivity (Wildman–Crippen MR) is 76.2 cm³/mol. The van der Waals surface area contributed by atoms with Crippen molar-refractivity contribution >= 4 is 0 Å². The summed E-state index contributed by atoms with van der Waals surface area (Å²) < 4.78 is 10.8. The van der Waals surface area contributed by atoms with Gasteiger partial charge in [0.25, 0.3) is 0 Å². The fourth-order valence-electron chi connectivity index (χ4n) is 2.87. The minimum absolute atomic E-state index is 0.340. The van der Waals surface area contributed by atoms with Crippen LogP contribution in [-0.2, 0) is 5.41 Å². The third-order valence-electron chi connectivity index (χ3n) is 4.46. The maximum atomic E-state index is 5.45. The Morgan fingerprint density at radius 2 is 1.79 bits per heavy atom. The third kappa shape index (κ3) is 2.44. The van der Waals surface area contributed by atoms with Gasteiger partial charge in [-0.1, -0.05) is 0 Å². The molecule has 2 saturated carbocycles. The summed E-state index contributed by atoms with van der Waals surface area (Å²) in [5.41, 5.74) is 3.08. The van der Waals surface area contributed by atoms with Crippen molar-refractivity contribution in [2.75, 3.05) is 20.8 Å². The SMILES string of the molecule is COc1cc(C)c(C2(CNC3CC3)CC2)cc1OC. The van der Waals surface area contributed by atoms with Crippen LogP contribution in [0.25, 0.3) is 0 Å². The van der Waals surface area contributed by atoms with E-state index in [1.807, 2.05) is 0 Å². The van der Waals surface area contributed by atoms with Crippen molar-refractivity contribution in [2.24, 2.45) is 0 Å². The highest BCUT2D eigenvalue weighted by molar-refractivity contribution is 5.51. The molecule has 0 saturated heterocycles. The molecule has 0 spiro atoms. The van der Waals surface area contributed by atoms with Crippen LogP contribution in [0.3, 0.4) is 0 Å². The summed E-state index contributed by atoms with van der Waals surface area (Å²) in [4.78, 5) is 0. The molecule has 0 amide bonds. The topological polar surface area (TPSA) is 30.5 Å². The van der Waals surface area contributed by atoms with Gasteiger partial charge in [0.05, 0.1) is 14.2 Å². The Morgan fingerprint density at radius 3 is 2.32 bits per heavy atom. The van der Waals surface area contributed by atoms with Crippen molar-refractivity contribution in [3.63, 3.8) is 0 Å². The lowest BCUT2D eigenvalue weighted by Crippen LogP contribution is -2.29. The summed E-state index contributed by atoms with van der Waals surface area (Å²) in [5.74, 6) is 1.68. The number of hydrogen-bond acceptors (Lipinski definition) is 3. The summed E-state index contributed by atoms with van der Waals surface area (Å²) >= 11 is 0. The Kier molecular flexibility index (Phi) is 3.17. The van der Waals surface area contributed by atoms with Gasteiger partial charge in [0, 0.05) is 18.0 Å². The van der Waals surface area contributed by atoms with E-state index in [9.17, 15) is 0 Å². The van der Waals surface area contributed by atoms with Crippen molar-refractivity contribution in [1.82, 2.24) is 5.32 Å². The van der Waals surface area contributed by atoms with Gasteiger partial charge in [0.1, 0.15) is 0 Å². The van der Waals surface area contributed by atoms with E-state index in [2.05, 4.69) is 24.4 Å². The maximum Gasteiger partial charge on any atom is 0.161 e. The molecule has 0 aromatic heterocycles. The Hall–Kier alpha value is -1.22. The van der Waals surface area contributed by atoms with Gasteiger partial charge in [-0.2, -0.15) is 0 Å². The zero-order chi connectivity index (χ0) is 13.5. The predicted octanol–water partition coefficient (Wildman–Crippen LogP) is 2.80. The molecule has 3 heteroatoms. The normalized spacial score (nSPS) is 20.2. The highest BCUT2D eigenvalue weighted by Gasteiger charge is 2.46. The molecule has 0 radical (unpaired) electrons. The lowest BCUT2D eigenvalue weighted by Gasteiger charge is -2.21. The van der Waals surface area contributed by atoms with Crippen LogP contribution in [-0.4, -0.2) is 26.8 Å². The van der Waals surface area contributed by atoms with E-state index in [-0.39, 0.29) is 0 Å². The second-order valence-corrected chi connectivity index (χ2v) is 5.96. The van der Waals surface area contributed by atoms with Crippen LogP contribution >= 0.6 is 0 Å². The van der Waals surface area contributed by atoms with Crippen molar-refractivity contribution in [2.45, 2.75) is 44.1 Å². The second-order valence-electron chi connectivity index (χ2n) is 5.96. The van der Waals surface area contributed by atoms with E-state index in [4.69, 9.17) is 9.47 Å². The zero-order valence-corrected chi connectivity index (χ0v) is 12.1. The minimum atomic E-state index is 0.340. The van der Waals surface area contributed by atoms with E-state index in [0.717, 1.165) is 24.1 Å². The first kappa shape index (κ1) is 12.8. The van der Waals surface area contributed by atoms with Crippen LogP contribution in [0.5, 0.6) is 11.5 Å². The van der Waals surface area contributed by atoms with Crippen LogP contribution in [0.2, 0.25) is 0 Å². The maximum absolute atomic E-state index is 5.45. The molecule has 0 bridgehead atoms. The molecule has 0 heterocycles. The fraction of sp³-hybridized carbons (Fsp3) is 0.625. The average molecular weight is 261 g/mol. The number of methoxy groups -OCH3 is 2. The number of hydrogen-bond donors (Lipinski definition) is 1. The molecule has 0 unspecified atom stereocenters. The molecule has 104 valence electrons. The largest absolute Gasteiger partial charge is 0.493 e. The summed E-state index contributed by atoms with van der Waals surface area (Å²) in [6.45, 7) is 3.28. The van der Waals surface area contributed by atoms with Crippen LogP contribution in [0, 0.1) is 6.92 Å². The summed E-state index contributed by atoms with van der Waals surface area (Å²) in [7, 11) is 3.40. The van der Waals surface area contributed by atoms with Crippen molar-refractivity contribution in [3.8, 4) is 11.5 Å². The molecule has 2 fully saturated rings. The van der Waals surface area contributed by atoms with Gasteiger partial charge >= 0.3 is 0 Å². The number of nitrogens with one attached hydrogen (secondary N) is 1. The second kappa shape index (κ2) is 4.71.